The van der Waals surface area contributed by atoms with Gasteiger partial charge in [0.15, 0.2) is 23.3 Å². The number of fused-ring (bicyclic) bond motifs is 1. The molecule has 0 N–H and O–H groups in total. The van der Waals surface area contributed by atoms with Crippen molar-refractivity contribution in [3.63, 3.8) is 0 Å². The molecule has 0 aliphatic heterocycles. The Morgan fingerprint density at radius 1 is 0.588 bits per heavy atom. The van der Waals surface area contributed by atoms with Gasteiger partial charge in [-0.25, -0.2) is 17.6 Å². The van der Waals surface area contributed by atoms with Crippen LogP contribution in [0.25, 0.3) is 11.1 Å². The Morgan fingerprint density at radius 3 is 1.59 bits per heavy atom. The van der Waals surface area contributed by atoms with E-state index in [1.807, 2.05) is 6.92 Å². The van der Waals surface area contributed by atoms with Gasteiger partial charge in [-0.15, -0.1) is 0 Å². The molecule has 2 aromatic carbocycles. The molecule has 0 amide bonds. The molecule has 4 unspecified atom stereocenters. The largest absolute Gasteiger partial charge is 0.203 e. The van der Waals surface area contributed by atoms with E-state index in [-0.39, 0.29) is 16.7 Å². The van der Waals surface area contributed by atoms with E-state index in [0.717, 1.165) is 24.2 Å². The molecule has 4 atom stereocenters. The Labute approximate surface area is 202 Å². The van der Waals surface area contributed by atoms with Gasteiger partial charge in [-0.1, -0.05) is 70.2 Å². The average molecular weight is 475 g/mol. The molecular weight excluding hydrogens is 436 g/mol. The number of hydrogen-bond acceptors (Lipinski definition) is 0. The van der Waals surface area contributed by atoms with Crippen molar-refractivity contribution in [3.05, 3.63) is 58.7 Å². The molecule has 34 heavy (non-hydrogen) atoms. The Balaban J connectivity index is 1.40. The van der Waals surface area contributed by atoms with Crippen LogP contribution in [0.15, 0.2) is 24.3 Å². The first-order chi connectivity index (χ1) is 16.4. The van der Waals surface area contributed by atoms with Gasteiger partial charge in [-0.05, 0) is 79.7 Å². The van der Waals surface area contributed by atoms with E-state index in [1.54, 1.807) is 6.07 Å². The second-order valence-corrected chi connectivity index (χ2v) is 10.8. The average Bonchev–Trinajstić information content (AvgIpc) is 2.84. The summed E-state index contributed by atoms with van der Waals surface area (Å²) in [6.45, 7) is 4.15. The van der Waals surface area contributed by atoms with Gasteiger partial charge in [0.25, 0.3) is 0 Å². The number of hydrogen-bond donors (Lipinski definition) is 0. The van der Waals surface area contributed by atoms with E-state index in [1.165, 1.54) is 69.6 Å². The third kappa shape index (κ3) is 5.36. The highest BCUT2D eigenvalue weighted by molar-refractivity contribution is 5.66. The monoisotopic (exact) mass is 474 g/mol. The van der Waals surface area contributed by atoms with Crippen LogP contribution in [0.5, 0.6) is 0 Å². The second-order valence-electron chi connectivity index (χ2n) is 10.8. The predicted octanol–water partition coefficient (Wildman–Crippen LogP) is 9.43. The smallest absolute Gasteiger partial charge is 0.167 e. The van der Waals surface area contributed by atoms with Crippen molar-refractivity contribution in [3.8, 4) is 11.1 Å². The first-order valence-corrected chi connectivity index (χ1v) is 13.4. The molecule has 0 aromatic heterocycles. The molecule has 0 spiro atoms. The van der Waals surface area contributed by atoms with Crippen LogP contribution in [0, 0.1) is 46.9 Å². The van der Waals surface area contributed by atoms with Gasteiger partial charge in [-0.3, -0.25) is 0 Å². The van der Waals surface area contributed by atoms with Crippen molar-refractivity contribution in [2.75, 3.05) is 0 Å². The van der Waals surface area contributed by atoms with E-state index in [2.05, 4.69) is 6.92 Å². The highest BCUT2D eigenvalue weighted by Gasteiger charge is 2.35. The van der Waals surface area contributed by atoms with E-state index in [9.17, 15) is 17.6 Å². The fraction of sp³-hybridized carbons (Fsp3) is 0.600. The zero-order chi connectivity index (χ0) is 24.2. The fourth-order valence-corrected chi connectivity index (χ4v) is 6.63. The molecule has 2 aromatic rings. The summed E-state index contributed by atoms with van der Waals surface area (Å²) in [4.78, 5) is 0. The topological polar surface area (TPSA) is 0 Å². The van der Waals surface area contributed by atoms with Gasteiger partial charge >= 0.3 is 0 Å². The number of halogens is 4. The van der Waals surface area contributed by atoms with Crippen molar-refractivity contribution < 1.29 is 17.6 Å². The van der Waals surface area contributed by atoms with Gasteiger partial charge in [0.1, 0.15) is 0 Å². The lowest BCUT2D eigenvalue weighted by Gasteiger charge is -2.42. The van der Waals surface area contributed by atoms with Crippen molar-refractivity contribution in [2.45, 2.75) is 90.9 Å². The summed E-state index contributed by atoms with van der Waals surface area (Å²) in [5.41, 5.74) is 0.149. The van der Waals surface area contributed by atoms with Crippen molar-refractivity contribution >= 4 is 0 Å². The first kappa shape index (κ1) is 25.3. The Morgan fingerprint density at radius 2 is 1.09 bits per heavy atom. The van der Waals surface area contributed by atoms with Crippen LogP contribution < -0.4 is 0 Å². The summed E-state index contributed by atoms with van der Waals surface area (Å²) in [5.74, 6) is -0.979. The van der Waals surface area contributed by atoms with Crippen LogP contribution in [-0.4, -0.2) is 0 Å². The minimum atomic E-state index is -1.11. The van der Waals surface area contributed by atoms with Crippen LogP contribution in [0.2, 0.25) is 0 Å². The quantitative estimate of drug-likeness (QED) is 0.334. The number of aryl methyl sites for hydroxylation is 2. The predicted molar refractivity (Wildman–Crippen MR) is 131 cm³/mol. The SMILES string of the molecule is CCCc1ccc(-c2ccc(CCC3CCC4CC(CCC)CCC4C3)c(F)c2F)c(F)c1F. The third-order valence-electron chi connectivity index (χ3n) is 8.48. The minimum absolute atomic E-state index is 0.218. The van der Waals surface area contributed by atoms with E-state index < -0.39 is 23.3 Å². The van der Waals surface area contributed by atoms with Gasteiger partial charge in [0.05, 0.1) is 0 Å². The molecule has 2 saturated carbocycles. The molecule has 2 aliphatic carbocycles. The van der Waals surface area contributed by atoms with Crippen LogP contribution in [0.4, 0.5) is 17.6 Å². The van der Waals surface area contributed by atoms with Gasteiger partial charge in [0.2, 0.25) is 0 Å². The first-order valence-electron chi connectivity index (χ1n) is 13.4. The zero-order valence-electron chi connectivity index (χ0n) is 20.6. The summed E-state index contributed by atoms with van der Waals surface area (Å²) >= 11 is 0. The number of rotatable bonds is 8. The fourth-order valence-electron chi connectivity index (χ4n) is 6.63. The molecule has 0 radical (unpaired) electrons. The second kappa shape index (κ2) is 11.3. The minimum Gasteiger partial charge on any atom is -0.203 e. The summed E-state index contributed by atoms with van der Waals surface area (Å²) in [6, 6.07) is 5.77. The highest BCUT2D eigenvalue weighted by Crippen LogP contribution is 2.46. The van der Waals surface area contributed by atoms with E-state index in [4.69, 9.17) is 0 Å². The normalized spacial score (nSPS) is 24.8. The van der Waals surface area contributed by atoms with Crippen molar-refractivity contribution in [2.24, 2.45) is 23.7 Å². The molecule has 0 nitrogen and oxygen atoms in total. The molecule has 0 heterocycles. The van der Waals surface area contributed by atoms with Crippen LogP contribution in [-0.2, 0) is 12.8 Å². The summed E-state index contributed by atoms with van der Waals surface area (Å²) < 4.78 is 58.8. The maximum Gasteiger partial charge on any atom is 0.167 e. The van der Waals surface area contributed by atoms with E-state index >= 15 is 0 Å². The molecule has 0 bridgehead atoms. The Kier molecular flexibility index (Phi) is 8.37. The third-order valence-corrected chi connectivity index (χ3v) is 8.48. The van der Waals surface area contributed by atoms with Crippen molar-refractivity contribution in [1.82, 2.24) is 0 Å². The van der Waals surface area contributed by atoms with E-state index in [0.29, 0.717) is 30.7 Å². The summed E-state index contributed by atoms with van der Waals surface area (Å²) in [6.07, 6.45) is 12.7. The number of benzene rings is 2. The lowest BCUT2D eigenvalue weighted by atomic mass is 9.63. The van der Waals surface area contributed by atoms with Crippen LogP contribution in [0.1, 0.15) is 89.2 Å². The lowest BCUT2D eigenvalue weighted by molar-refractivity contribution is 0.0921. The lowest BCUT2D eigenvalue weighted by Crippen LogP contribution is -2.31. The van der Waals surface area contributed by atoms with Crippen molar-refractivity contribution in [1.29, 1.82) is 0 Å². The zero-order valence-corrected chi connectivity index (χ0v) is 20.6. The molecule has 4 rings (SSSR count). The maximum absolute atomic E-state index is 14.9. The summed E-state index contributed by atoms with van der Waals surface area (Å²) in [5, 5.41) is 0. The van der Waals surface area contributed by atoms with Crippen LogP contribution in [0.3, 0.4) is 0 Å². The Bertz CT molecular complexity index is 982. The standard InChI is InChI=1S/C30H38F4/c1-3-5-19-8-11-24-18-20(9-12-23(24)17-19)7-10-22-14-16-26(30(34)28(22)32)25-15-13-21(6-4-2)27(31)29(25)33/h13-16,19-20,23-24H,3-12,17-18H2,1-2H3. The Hall–Kier alpha value is -1.84. The molecule has 2 aliphatic rings. The van der Waals surface area contributed by atoms with Gasteiger partial charge < -0.3 is 0 Å². The molecular formula is C30H38F4. The molecule has 2 fully saturated rings. The molecule has 186 valence electrons. The van der Waals surface area contributed by atoms with Gasteiger partial charge in [-0.2, -0.15) is 0 Å². The summed E-state index contributed by atoms with van der Waals surface area (Å²) in [7, 11) is 0. The molecule has 0 saturated heterocycles. The van der Waals surface area contributed by atoms with Gasteiger partial charge in [0, 0.05) is 11.1 Å². The van der Waals surface area contributed by atoms with Crippen LogP contribution >= 0.6 is 0 Å². The maximum atomic E-state index is 14.9. The highest BCUT2D eigenvalue weighted by atomic mass is 19.2. The molecule has 4 heteroatoms.